The first-order valence-electron chi connectivity index (χ1n) is 6.74. The number of unbranched alkanes of at least 4 members (excludes halogenated alkanes) is 1. The number of aliphatic hydroxyl groups excluding tert-OH is 1. The molecule has 98 valence electrons. The van der Waals surface area contributed by atoms with Gasteiger partial charge in [0.2, 0.25) is 0 Å². The van der Waals surface area contributed by atoms with Crippen molar-refractivity contribution < 1.29 is 5.11 Å². The summed E-state index contributed by atoms with van der Waals surface area (Å²) in [7, 11) is 2.03. The van der Waals surface area contributed by atoms with Gasteiger partial charge in [0.1, 0.15) is 5.82 Å². The second kappa shape index (κ2) is 6.80. The number of imidazole rings is 1. The van der Waals surface area contributed by atoms with Gasteiger partial charge >= 0.3 is 0 Å². The molecule has 3 heteroatoms. The molecule has 1 unspecified atom stereocenters. The summed E-state index contributed by atoms with van der Waals surface area (Å²) >= 11 is 0. The molecule has 0 aromatic carbocycles. The first-order chi connectivity index (χ1) is 8.17. The molecule has 0 aliphatic carbocycles. The highest BCUT2D eigenvalue weighted by molar-refractivity contribution is 4.93. The summed E-state index contributed by atoms with van der Waals surface area (Å²) in [5, 5.41) is 9.67. The quantitative estimate of drug-likeness (QED) is 0.756. The lowest BCUT2D eigenvalue weighted by Crippen LogP contribution is -2.26. The average Bonchev–Trinajstić information content (AvgIpc) is 2.76. The summed E-state index contributed by atoms with van der Waals surface area (Å²) in [6.45, 7) is 4.69. The summed E-state index contributed by atoms with van der Waals surface area (Å²) in [5.41, 5.74) is 0.0992. The molecule has 0 saturated heterocycles. The van der Waals surface area contributed by atoms with E-state index in [1.54, 1.807) is 0 Å². The number of aryl methyl sites for hydroxylation is 2. The molecule has 0 amide bonds. The van der Waals surface area contributed by atoms with Gasteiger partial charge in [-0.3, -0.25) is 0 Å². The van der Waals surface area contributed by atoms with Crippen LogP contribution in [0.15, 0.2) is 12.4 Å². The summed E-state index contributed by atoms with van der Waals surface area (Å²) in [4.78, 5) is 4.35. The molecule has 1 aromatic heterocycles. The molecule has 0 aliphatic rings. The Labute approximate surface area is 105 Å². The Morgan fingerprint density at radius 3 is 2.59 bits per heavy atom. The lowest BCUT2D eigenvalue weighted by atomic mass is 9.77. The fourth-order valence-electron chi connectivity index (χ4n) is 2.31. The Balaban J connectivity index is 2.57. The Bertz CT molecular complexity index is 316. The van der Waals surface area contributed by atoms with Crippen LogP contribution in [0.2, 0.25) is 0 Å². The average molecular weight is 238 g/mol. The highest BCUT2D eigenvalue weighted by Crippen LogP contribution is 2.33. The van der Waals surface area contributed by atoms with Gasteiger partial charge in [0.05, 0.1) is 0 Å². The van der Waals surface area contributed by atoms with E-state index in [4.69, 9.17) is 0 Å². The molecule has 0 aliphatic heterocycles. The van der Waals surface area contributed by atoms with Gasteiger partial charge in [-0.2, -0.15) is 0 Å². The van der Waals surface area contributed by atoms with Crippen molar-refractivity contribution in [3.63, 3.8) is 0 Å². The molecular formula is C14H26N2O. The van der Waals surface area contributed by atoms with E-state index in [0.29, 0.717) is 6.61 Å². The lowest BCUT2D eigenvalue weighted by molar-refractivity contribution is 0.0971. The zero-order chi connectivity index (χ0) is 12.7. The molecule has 1 aromatic rings. The molecule has 0 spiro atoms. The summed E-state index contributed by atoms with van der Waals surface area (Å²) < 4.78 is 2.07. The van der Waals surface area contributed by atoms with Crippen molar-refractivity contribution in [2.75, 3.05) is 6.61 Å². The number of hydrogen-bond acceptors (Lipinski definition) is 2. The largest absolute Gasteiger partial charge is 0.396 e. The van der Waals surface area contributed by atoms with Crippen LogP contribution in [0, 0.1) is 5.41 Å². The monoisotopic (exact) mass is 238 g/mol. The molecule has 0 saturated carbocycles. The normalized spacial score (nSPS) is 14.8. The predicted molar refractivity (Wildman–Crippen MR) is 70.9 cm³/mol. The molecular weight excluding hydrogens is 212 g/mol. The van der Waals surface area contributed by atoms with E-state index in [1.807, 2.05) is 19.4 Å². The van der Waals surface area contributed by atoms with Crippen molar-refractivity contribution in [2.45, 2.75) is 52.4 Å². The third-order valence-electron chi connectivity index (χ3n) is 3.95. The lowest BCUT2D eigenvalue weighted by Gasteiger charge is -2.30. The van der Waals surface area contributed by atoms with E-state index in [-0.39, 0.29) is 5.41 Å². The van der Waals surface area contributed by atoms with Gasteiger partial charge in [-0.05, 0) is 24.7 Å². The van der Waals surface area contributed by atoms with Crippen molar-refractivity contribution in [3.05, 3.63) is 18.2 Å². The van der Waals surface area contributed by atoms with E-state index in [9.17, 15) is 5.11 Å². The van der Waals surface area contributed by atoms with Crippen LogP contribution in [-0.4, -0.2) is 21.3 Å². The smallest absolute Gasteiger partial charge is 0.108 e. The minimum Gasteiger partial charge on any atom is -0.396 e. The van der Waals surface area contributed by atoms with Gasteiger partial charge in [0.25, 0.3) is 0 Å². The summed E-state index contributed by atoms with van der Waals surface area (Å²) in [6, 6.07) is 0. The third-order valence-corrected chi connectivity index (χ3v) is 3.95. The van der Waals surface area contributed by atoms with Crippen molar-refractivity contribution in [1.29, 1.82) is 0 Å². The van der Waals surface area contributed by atoms with Crippen LogP contribution in [0.1, 0.15) is 51.8 Å². The molecule has 17 heavy (non-hydrogen) atoms. The Kier molecular flexibility index (Phi) is 5.69. The molecule has 1 atom stereocenters. The van der Waals surface area contributed by atoms with Crippen LogP contribution in [0.5, 0.6) is 0 Å². The highest BCUT2D eigenvalue weighted by atomic mass is 16.3. The van der Waals surface area contributed by atoms with Gasteiger partial charge in [0.15, 0.2) is 0 Å². The third kappa shape index (κ3) is 3.84. The predicted octanol–water partition coefficient (Wildman–Crippen LogP) is 2.93. The van der Waals surface area contributed by atoms with Gasteiger partial charge in [-0.15, -0.1) is 0 Å². The standard InChI is InChI=1S/C14H26N2O/c1-4-6-8-14(5-2,12-17)9-7-13-15-10-11-16(13)3/h10-11,17H,4-9,12H2,1-3H3. The van der Waals surface area contributed by atoms with E-state index in [0.717, 1.165) is 31.5 Å². The maximum absolute atomic E-state index is 9.67. The van der Waals surface area contributed by atoms with E-state index in [2.05, 4.69) is 23.4 Å². The fourth-order valence-corrected chi connectivity index (χ4v) is 2.31. The molecule has 1 rings (SSSR count). The van der Waals surface area contributed by atoms with Crippen LogP contribution in [0.25, 0.3) is 0 Å². The van der Waals surface area contributed by atoms with Gasteiger partial charge in [0, 0.05) is 32.5 Å². The SMILES string of the molecule is CCCCC(CC)(CO)CCc1nccn1C. The zero-order valence-corrected chi connectivity index (χ0v) is 11.4. The maximum Gasteiger partial charge on any atom is 0.108 e. The number of aliphatic hydroxyl groups is 1. The maximum atomic E-state index is 9.67. The van der Waals surface area contributed by atoms with Crippen LogP contribution >= 0.6 is 0 Å². The Morgan fingerprint density at radius 2 is 2.12 bits per heavy atom. The molecule has 1 heterocycles. The van der Waals surface area contributed by atoms with Crippen molar-refractivity contribution in [3.8, 4) is 0 Å². The zero-order valence-electron chi connectivity index (χ0n) is 11.4. The fraction of sp³-hybridized carbons (Fsp3) is 0.786. The Morgan fingerprint density at radius 1 is 1.35 bits per heavy atom. The first kappa shape index (κ1) is 14.2. The minimum absolute atomic E-state index is 0.0992. The number of nitrogens with zero attached hydrogens (tertiary/aromatic N) is 2. The molecule has 3 nitrogen and oxygen atoms in total. The number of aromatic nitrogens is 2. The van der Waals surface area contributed by atoms with Crippen LogP contribution in [0.3, 0.4) is 0 Å². The minimum atomic E-state index is 0.0992. The van der Waals surface area contributed by atoms with Crippen LogP contribution in [-0.2, 0) is 13.5 Å². The van der Waals surface area contributed by atoms with Gasteiger partial charge in [-0.1, -0.05) is 26.7 Å². The summed E-state index contributed by atoms with van der Waals surface area (Å²) in [6.07, 6.45) is 10.4. The van der Waals surface area contributed by atoms with E-state index in [1.165, 1.54) is 12.8 Å². The van der Waals surface area contributed by atoms with Gasteiger partial charge < -0.3 is 9.67 Å². The highest BCUT2D eigenvalue weighted by Gasteiger charge is 2.26. The molecule has 0 fully saturated rings. The number of hydrogen-bond donors (Lipinski definition) is 1. The van der Waals surface area contributed by atoms with E-state index < -0.39 is 0 Å². The number of rotatable bonds is 8. The van der Waals surface area contributed by atoms with Crippen molar-refractivity contribution in [1.82, 2.24) is 9.55 Å². The van der Waals surface area contributed by atoms with Crippen molar-refractivity contribution in [2.24, 2.45) is 12.5 Å². The van der Waals surface area contributed by atoms with Crippen LogP contribution in [0.4, 0.5) is 0 Å². The Hall–Kier alpha value is -0.830. The molecule has 1 N–H and O–H groups in total. The molecule has 0 radical (unpaired) electrons. The van der Waals surface area contributed by atoms with Gasteiger partial charge in [-0.25, -0.2) is 4.98 Å². The topological polar surface area (TPSA) is 38.1 Å². The van der Waals surface area contributed by atoms with Crippen LogP contribution < -0.4 is 0 Å². The molecule has 0 bridgehead atoms. The van der Waals surface area contributed by atoms with Crippen molar-refractivity contribution >= 4 is 0 Å². The second-order valence-corrected chi connectivity index (χ2v) is 5.07. The van der Waals surface area contributed by atoms with E-state index >= 15 is 0 Å². The second-order valence-electron chi connectivity index (χ2n) is 5.07. The summed E-state index contributed by atoms with van der Waals surface area (Å²) in [5.74, 6) is 1.12. The first-order valence-corrected chi connectivity index (χ1v) is 6.74.